The van der Waals surface area contributed by atoms with Crippen LogP contribution in [0.4, 0.5) is 0 Å². The number of aromatic nitrogens is 2. The largest absolute Gasteiger partial charge is 0.357 e. The molecule has 0 spiro atoms. The molecular weight excluding hydrogens is 180 g/mol. The van der Waals surface area contributed by atoms with E-state index in [1.807, 2.05) is 12.1 Å². The minimum Gasteiger partial charge on any atom is -0.357 e. The number of hydrogen-bond donors (Lipinski definition) is 0. The molecule has 0 aliphatic heterocycles. The highest BCUT2D eigenvalue weighted by atomic mass is 16.5. The highest BCUT2D eigenvalue weighted by molar-refractivity contribution is 5.79. The molecule has 3 rings (SSSR count). The molecule has 14 heavy (non-hydrogen) atoms. The summed E-state index contributed by atoms with van der Waals surface area (Å²) in [4.78, 5) is 11.8. The Balaban J connectivity index is 2.70. The molecular formula is C10H6N2O2. The van der Waals surface area contributed by atoms with E-state index < -0.39 is 0 Å². The minimum atomic E-state index is -0.0515. The second-order valence-corrected chi connectivity index (χ2v) is 3.01. The van der Waals surface area contributed by atoms with E-state index in [-0.39, 0.29) is 5.43 Å². The molecule has 0 aliphatic rings. The summed E-state index contributed by atoms with van der Waals surface area (Å²) in [7, 11) is 0. The molecule has 0 N–H and O–H groups in total. The van der Waals surface area contributed by atoms with Crippen molar-refractivity contribution >= 4 is 16.5 Å². The average Bonchev–Trinajstić information content (AvgIpc) is 2.66. The topological polar surface area (TPSA) is 47.5 Å². The number of para-hydroxylation sites is 1. The Bertz CT molecular complexity index is 666. The van der Waals surface area contributed by atoms with Crippen LogP contribution in [0.2, 0.25) is 0 Å². The SMILES string of the molecule is O=c1c2ccccc2on2nccc12. The van der Waals surface area contributed by atoms with Crippen LogP contribution in [0.15, 0.2) is 45.8 Å². The Kier molecular flexibility index (Phi) is 1.28. The van der Waals surface area contributed by atoms with Gasteiger partial charge in [-0.3, -0.25) is 4.79 Å². The van der Waals surface area contributed by atoms with E-state index in [1.54, 1.807) is 24.4 Å². The first-order valence-corrected chi connectivity index (χ1v) is 4.22. The number of hydrogen-bond acceptors (Lipinski definition) is 3. The minimum absolute atomic E-state index is 0.0515. The molecule has 0 bridgehead atoms. The van der Waals surface area contributed by atoms with Gasteiger partial charge in [0.2, 0.25) is 5.43 Å². The molecule has 0 saturated carbocycles. The number of rotatable bonds is 0. The summed E-state index contributed by atoms with van der Waals surface area (Å²) in [6, 6.07) is 8.76. The second kappa shape index (κ2) is 2.45. The highest BCUT2D eigenvalue weighted by Gasteiger charge is 2.05. The zero-order valence-corrected chi connectivity index (χ0v) is 7.18. The first-order chi connectivity index (χ1) is 6.86. The molecule has 68 valence electrons. The van der Waals surface area contributed by atoms with Crippen LogP contribution >= 0.6 is 0 Å². The van der Waals surface area contributed by atoms with Gasteiger partial charge in [-0.1, -0.05) is 16.8 Å². The van der Waals surface area contributed by atoms with Crippen LogP contribution in [0.1, 0.15) is 0 Å². The molecule has 0 atom stereocenters. The van der Waals surface area contributed by atoms with Crippen LogP contribution in [-0.4, -0.2) is 9.79 Å². The van der Waals surface area contributed by atoms with Crippen molar-refractivity contribution in [1.29, 1.82) is 0 Å². The lowest BCUT2D eigenvalue weighted by Crippen LogP contribution is -2.05. The quantitative estimate of drug-likeness (QED) is 0.533. The van der Waals surface area contributed by atoms with Crippen molar-refractivity contribution in [3.8, 4) is 0 Å². The lowest BCUT2D eigenvalue weighted by Gasteiger charge is -1.96. The lowest BCUT2D eigenvalue weighted by molar-refractivity contribution is 0.357. The van der Waals surface area contributed by atoms with Gasteiger partial charge in [-0.15, -0.1) is 5.10 Å². The summed E-state index contributed by atoms with van der Waals surface area (Å²) < 4.78 is 6.61. The Labute approximate surface area is 78.3 Å². The fourth-order valence-electron chi connectivity index (χ4n) is 1.49. The monoisotopic (exact) mass is 186 g/mol. The van der Waals surface area contributed by atoms with Gasteiger partial charge in [0, 0.05) is 0 Å². The number of nitrogens with zero attached hydrogens (tertiary/aromatic N) is 2. The van der Waals surface area contributed by atoms with Crippen molar-refractivity contribution in [3.05, 3.63) is 46.8 Å². The molecule has 0 amide bonds. The van der Waals surface area contributed by atoms with Gasteiger partial charge in [-0.25, -0.2) is 0 Å². The van der Waals surface area contributed by atoms with E-state index in [9.17, 15) is 4.79 Å². The van der Waals surface area contributed by atoms with Gasteiger partial charge >= 0.3 is 0 Å². The smallest absolute Gasteiger partial charge is 0.218 e. The Morgan fingerprint density at radius 1 is 1.21 bits per heavy atom. The first-order valence-electron chi connectivity index (χ1n) is 4.22. The van der Waals surface area contributed by atoms with Gasteiger partial charge in [0.25, 0.3) is 0 Å². The molecule has 4 nitrogen and oxygen atoms in total. The summed E-state index contributed by atoms with van der Waals surface area (Å²) in [5, 5.41) is 4.46. The summed E-state index contributed by atoms with van der Waals surface area (Å²) in [5.41, 5.74) is 0.960. The average molecular weight is 186 g/mol. The predicted molar refractivity (Wildman–Crippen MR) is 51.2 cm³/mol. The Morgan fingerprint density at radius 3 is 3.00 bits per heavy atom. The van der Waals surface area contributed by atoms with Gasteiger partial charge in [-0.2, -0.15) is 0 Å². The molecule has 0 saturated heterocycles. The highest BCUT2D eigenvalue weighted by Crippen LogP contribution is 2.10. The molecule has 0 unspecified atom stereocenters. The van der Waals surface area contributed by atoms with Crippen LogP contribution in [0.3, 0.4) is 0 Å². The molecule has 2 heterocycles. The molecule has 3 aromatic rings. The van der Waals surface area contributed by atoms with Gasteiger partial charge in [0.15, 0.2) is 11.1 Å². The standard InChI is InChI=1S/C10H6N2O2/c13-10-7-3-1-2-4-9(7)14-12-8(10)5-6-11-12/h1-6H. The zero-order valence-electron chi connectivity index (χ0n) is 7.18. The van der Waals surface area contributed by atoms with Gasteiger partial charge in [-0.05, 0) is 18.2 Å². The second-order valence-electron chi connectivity index (χ2n) is 3.01. The van der Waals surface area contributed by atoms with Crippen molar-refractivity contribution in [1.82, 2.24) is 9.79 Å². The van der Waals surface area contributed by atoms with E-state index in [4.69, 9.17) is 4.52 Å². The number of benzene rings is 1. The normalized spacial score (nSPS) is 11.1. The van der Waals surface area contributed by atoms with E-state index in [0.717, 1.165) is 0 Å². The maximum atomic E-state index is 11.8. The maximum Gasteiger partial charge on any atom is 0.218 e. The summed E-state index contributed by atoms with van der Waals surface area (Å²) >= 11 is 0. The summed E-state index contributed by atoms with van der Waals surface area (Å²) in [6.45, 7) is 0. The van der Waals surface area contributed by atoms with Crippen LogP contribution in [-0.2, 0) is 0 Å². The molecule has 1 aromatic carbocycles. The van der Waals surface area contributed by atoms with Crippen LogP contribution in [0, 0.1) is 0 Å². The maximum absolute atomic E-state index is 11.8. The van der Waals surface area contributed by atoms with Crippen LogP contribution in [0.25, 0.3) is 16.5 Å². The third-order valence-corrected chi connectivity index (χ3v) is 2.16. The molecule has 0 fully saturated rings. The lowest BCUT2D eigenvalue weighted by atomic mass is 10.2. The molecule has 4 heteroatoms. The van der Waals surface area contributed by atoms with E-state index in [1.165, 1.54) is 4.69 Å². The van der Waals surface area contributed by atoms with Gasteiger partial charge in [0.05, 0.1) is 11.6 Å². The first kappa shape index (κ1) is 7.32. The van der Waals surface area contributed by atoms with E-state index in [0.29, 0.717) is 16.5 Å². The van der Waals surface area contributed by atoms with Crippen molar-refractivity contribution in [3.63, 3.8) is 0 Å². The van der Waals surface area contributed by atoms with E-state index >= 15 is 0 Å². The third-order valence-electron chi connectivity index (χ3n) is 2.16. The van der Waals surface area contributed by atoms with Crippen molar-refractivity contribution in [2.75, 3.05) is 0 Å². The van der Waals surface area contributed by atoms with Crippen molar-refractivity contribution in [2.45, 2.75) is 0 Å². The van der Waals surface area contributed by atoms with Crippen molar-refractivity contribution < 1.29 is 4.52 Å². The summed E-state index contributed by atoms with van der Waals surface area (Å²) in [5.74, 6) is 0. The zero-order chi connectivity index (χ0) is 9.54. The Morgan fingerprint density at radius 2 is 2.07 bits per heavy atom. The fraction of sp³-hybridized carbons (Fsp3) is 0. The van der Waals surface area contributed by atoms with Crippen LogP contribution in [0.5, 0.6) is 0 Å². The molecule has 2 aromatic heterocycles. The van der Waals surface area contributed by atoms with E-state index in [2.05, 4.69) is 5.10 Å². The third kappa shape index (κ3) is 0.821. The fourth-order valence-corrected chi connectivity index (χ4v) is 1.49. The predicted octanol–water partition coefficient (Wildman–Crippen LogP) is 1.44. The summed E-state index contributed by atoms with van der Waals surface area (Å²) in [6.07, 6.45) is 1.54. The number of fused-ring (bicyclic) bond motifs is 2. The molecule has 0 radical (unpaired) electrons. The van der Waals surface area contributed by atoms with Crippen LogP contribution < -0.4 is 5.43 Å². The van der Waals surface area contributed by atoms with Gasteiger partial charge < -0.3 is 4.52 Å². The molecule has 0 aliphatic carbocycles. The van der Waals surface area contributed by atoms with Crippen molar-refractivity contribution in [2.24, 2.45) is 0 Å². The Hall–Kier alpha value is -2.10. The van der Waals surface area contributed by atoms with Gasteiger partial charge in [0.1, 0.15) is 0 Å².